The fourth-order valence-electron chi connectivity index (χ4n) is 2.72. The van der Waals surface area contributed by atoms with E-state index < -0.39 is 17.3 Å². The molecule has 0 bridgehead atoms. The van der Waals surface area contributed by atoms with Crippen molar-refractivity contribution in [2.45, 2.75) is 26.4 Å². The molecule has 2 N–H and O–H groups in total. The number of rotatable bonds is 4. The Hall–Kier alpha value is -2.73. The van der Waals surface area contributed by atoms with Gasteiger partial charge < -0.3 is 14.8 Å². The largest absolute Gasteiger partial charge is 0.508 e. The van der Waals surface area contributed by atoms with Crippen LogP contribution in [0, 0.1) is 18.6 Å². The van der Waals surface area contributed by atoms with E-state index in [1.165, 1.54) is 12.1 Å². The standard InChI is InChI=1S/C19H17F2NO3/c1-10-17(23)6-4-14-13(8-18(24)25-19(10)14)9-22-11(2)12-3-5-15(20)16(21)7-12/h3-8,11,22-23H,9H2,1-2H3/t11-/m0/s1. The number of benzene rings is 2. The maximum Gasteiger partial charge on any atom is 0.336 e. The summed E-state index contributed by atoms with van der Waals surface area (Å²) in [6, 6.07) is 8.09. The van der Waals surface area contributed by atoms with Crippen molar-refractivity contribution in [2.24, 2.45) is 0 Å². The molecule has 1 aromatic heterocycles. The van der Waals surface area contributed by atoms with Crippen molar-refractivity contribution in [3.63, 3.8) is 0 Å². The van der Waals surface area contributed by atoms with E-state index in [-0.39, 0.29) is 11.8 Å². The Kier molecular flexibility index (Phi) is 4.55. The Morgan fingerprint density at radius 1 is 1.16 bits per heavy atom. The molecule has 0 spiro atoms. The topological polar surface area (TPSA) is 62.5 Å². The molecule has 0 aliphatic carbocycles. The van der Waals surface area contributed by atoms with Crippen molar-refractivity contribution in [3.05, 3.63) is 75.1 Å². The lowest BCUT2D eigenvalue weighted by molar-refractivity contribution is 0.468. The molecule has 0 unspecified atom stereocenters. The van der Waals surface area contributed by atoms with Gasteiger partial charge in [-0.2, -0.15) is 0 Å². The fraction of sp³-hybridized carbons (Fsp3) is 0.211. The van der Waals surface area contributed by atoms with Crippen LogP contribution in [0.2, 0.25) is 0 Å². The van der Waals surface area contributed by atoms with E-state index in [1.54, 1.807) is 19.1 Å². The second-order valence-corrected chi connectivity index (χ2v) is 5.95. The third kappa shape index (κ3) is 3.39. The van der Waals surface area contributed by atoms with Crippen LogP contribution in [-0.2, 0) is 6.54 Å². The second kappa shape index (κ2) is 6.64. The molecule has 3 rings (SSSR count). The molecule has 0 radical (unpaired) electrons. The van der Waals surface area contributed by atoms with E-state index in [4.69, 9.17) is 4.42 Å². The summed E-state index contributed by atoms with van der Waals surface area (Å²) >= 11 is 0. The van der Waals surface area contributed by atoms with Gasteiger partial charge in [-0.05, 0) is 49.2 Å². The molecule has 0 amide bonds. The van der Waals surface area contributed by atoms with E-state index in [1.807, 2.05) is 6.92 Å². The molecule has 0 fully saturated rings. The van der Waals surface area contributed by atoms with Gasteiger partial charge in [0.2, 0.25) is 0 Å². The Morgan fingerprint density at radius 3 is 2.64 bits per heavy atom. The van der Waals surface area contributed by atoms with Crippen molar-refractivity contribution in [1.29, 1.82) is 0 Å². The van der Waals surface area contributed by atoms with Crippen LogP contribution in [-0.4, -0.2) is 5.11 Å². The summed E-state index contributed by atoms with van der Waals surface area (Å²) in [5.41, 5.74) is 1.61. The third-order valence-electron chi connectivity index (χ3n) is 4.26. The minimum absolute atomic E-state index is 0.0518. The van der Waals surface area contributed by atoms with Gasteiger partial charge in [-0.25, -0.2) is 13.6 Å². The molecule has 4 nitrogen and oxygen atoms in total. The van der Waals surface area contributed by atoms with Gasteiger partial charge in [0.25, 0.3) is 0 Å². The minimum Gasteiger partial charge on any atom is -0.508 e. The summed E-state index contributed by atoms with van der Waals surface area (Å²) in [6.07, 6.45) is 0. The average Bonchev–Trinajstić information content (AvgIpc) is 2.58. The van der Waals surface area contributed by atoms with Crippen molar-refractivity contribution >= 4 is 11.0 Å². The Bertz CT molecular complexity index is 998. The highest BCUT2D eigenvalue weighted by Gasteiger charge is 2.13. The lowest BCUT2D eigenvalue weighted by Crippen LogP contribution is -2.19. The zero-order chi connectivity index (χ0) is 18.1. The normalized spacial score (nSPS) is 12.5. The molecule has 0 aliphatic rings. The summed E-state index contributed by atoms with van der Waals surface area (Å²) in [7, 11) is 0. The number of phenols is 1. The molecule has 3 aromatic rings. The number of fused-ring (bicyclic) bond motifs is 1. The van der Waals surface area contributed by atoms with Crippen molar-refractivity contribution < 1.29 is 18.3 Å². The number of aromatic hydroxyl groups is 1. The highest BCUT2D eigenvalue weighted by molar-refractivity contribution is 5.84. The van der Waals surface area contributed by atoms with Crippen LogP contribution in [0.25, 0.3) is 11.0 Å². The zero-order valence-electron chi connectivity index (χ0n) is 13.8. The lowest BCUT2D eigenvalue weighted by atomic mass is 10.0. The van der Waals surface area contributed by atoms with Gasteiger partial charge in [0, 0.05) is 29.6 Å². The van der Waals surface area contributed by atoms with Gasteiger partial charge in [-0.1, -0.05) is 6.07 Å². The van der Waals surface area contributed by atoms with Crippen LogP contribution in [0.4, 0.5) is 8.78 Å². The Morgan fingerprint density at radius 2 is 1.92 bits per heavy atom. The Balaban J connectivity index is 1.89. The molecule has 2 aromatic carbocycles. The first-order chi connectivity index (χ1) is 11.9. The highest BCUT2D eigenvalue weighted by atomic mass is 19.2. The molecule has 25 heavy (non-hydrogen) atoms. The SMILES string of the molecule is Cc1c(O)ccc2c(CN[C@@H](C)c3ccc(F)c(F)c3)cc(=O)oc12. The number of phenolic OH excluding ortho intramolecular Hbond substituents is 1. The zero-order valence-corrected chi connectivity index (χ0v) is 13.8. The summed E-state index contributed by atoms with van der Waals surface area (Å²) in [5.74, 6) is -1.74. The van der Waals surface area contributed by atoms with E-state index in [0.29, 0.717) is 34.2 Å². The monoisotopic (exact) mass is 345 g/mol. The number of hydrogen-bond acceptors (Lipinski definition) is 4. The van der Waals surface area contributed by atoms with E-state index in [0.717, 1.165) is 12.1 Å². The first-order valence-electron chi connectivity index (χ1n) is 7.80. The van der Waals surface area contributed by atoms with E-state index in [2.05, 4.69) is 5.32 Å². The summed E-state index contributed by atoms with van der Waals surface area (Å²) in [5, 5.41) is 13.7. The quantitative estimate of drug-likeness (QED) is 0.703. The molecule has 0 saturated heterocycles. The minimum atomic E-state index is -0.900. The maximum atomic E-state index is 13.4. The molecule has 6 heteroatoms. The molecule has 1 heterocycles. The predicted octanol–water partition coefficient (Wildman–Crippen LogP) is 3.94. The molecule has 0 saturated carbocycles. The van der Waals surface area contributed by atoms with E-state index in [9.17, 15) is 18.7 Å². The number of nitrogens with one attached hydrogen (secondary N) is 1. The van der Waals surface area contributed by atoms with Crippen LogP contribution < -0.4 is 10.9 Å². The number of hydrogen-bond donors (Lipinski definition) is 2. The van der Waals surface area contributed by atoms with Crippen LogP contribution in [0.1, 0.15) is 29.7 Å². The maximum absolute atomic E-state index is 13.4. The van der Waals surface area contributed by atoms with Crippen LogP contribution in [0.15, 0.2) is 45.6 Å². The van der Waals surface area contributed by atoms with Crippen molar-refractivity contribution in [2.75, 3.05) is 0 Å². The van der Waals surface area contributed by atoms with E-state index >= 15 is 0 Å². The molecule has 1 atom stereocenters. The number of aryl methyl sites for hydroxylation is 1. The van der Waals surface area contributed by atoms with Gasteiger partial charge >= 0.3 is 5.63 Å². The second-order valence-electron chi connectivity index (χ2n) is 5.95. The lowest BCUT2D eigenvalue weighted by Gasteiger charge is -2.15. The summed E-state index contributed by atoms with van der Waals surface area (Å²) in [4.78, 5) is 11.8. The number of halogens is 2. The summed E-state index contributed by atoms with van der Waals surface area (Å²) < 4.78 is 31.6. The van der Waals surface area contributed by atoms with Gasteiger partial charge in [-0.15, -0.1) is 0 Å². The van der Waals surface area contributed by atoms with Crippen molar-refractivity contribution in [1.82, 2.24) is 5.32 Å². The Labute approximate surface area is 142 Å². The highest BCUT2D eigenvalue weighted by Crippen LogP contribution is 2.27. The first-order valence-corrected chi connectivity index (χ1v) is 7.80. The first kappa shape index (κ1) is 17.1. The van der Waals surface area contributed by atoms with Crippen molar-refractivity contribution in [3.8, 4) is 5.75 Å². The predicted molar refractivity (Wildman–Crippen MR) is 90.5 cm³/mol. The molecular formula is C19H17F2NO3. The van der Waals surface area contributed by atoms with Crippen LogP contribution in [0.3, 0.4) is 0 Å². The smallest absolute Gasteiger partial charge is 0.336 e. The van der Waals surface area contributed by atoms with Gasteiger partial charge in [-0.3, -0.25) is 0 Å². The van der Waals surface area contributed by atoms with Gasteiger partial charge in [0.05, 0.1) is 0 Å². The van der Waals surface area contributed by atoms with Crippen LogP contribution >= 0.6 is 0 Å². The molecule has 130 valence electrons. The molecular weight excluding hydrogens is 328 g/mol. The average molecular weight is 345 g/mol. The van der Waals surface area contributed by atoms with Crippen LogP contribution in [0.5, 0.6) is 5.75 Å². The van der Waals surface area contributed by atoms with Gasteiger partial charge in [0.1, 0.15) is 11.3 Å². The van der Waals surface area contributed by atoms with Gasteiger partial charge in [0.15, 0.2) is 11.6 Å². The summed E-state index contributed by atoms with van der Waals surface area (Å²) in [6.45, 7) is 3.81. The molecule has 0 aliphatic heterocycles. The third-order valence-corrected chi connectivity index (χ3v) is 4.26. The fourth-order valence-corrected chi connectivity index (χ4v) is 2.72.